The van der Waals surface area contributed by atoms with Crippen molar-refractivity contribution in [1.82, 2.24) is 10.6 Å². The number of rotatable bonds is 7. The van der Waals surface area contributed by atoms with E-state index in [0.717, 1.165) is 0 Å². The molecule has 6 heteroatoms. The molecule has 0 heterocycles. The van der Waals surface area contributed by atoms with Crippen LogP contribution in [-0.2, 0) is 4.79 Å². The predicted octanol–water partition coefficient (Wildman–Crippen LogP) is -0.270. The monoisotopic (exact) mass is 210 g/mol. The van der Waals surface area contributed by atoms with Crippen LogP contribution in [-0.4, -0.2) is 43.7 Å². The van der Waals surface area contributed by atoms with Crippen molar-refractivity contribution in [1.29, 1.82) is 0 Å². The molecule has 0 saturated heterocycles. The Hall–Kier alpha value is -0.750. The van der Waals surface area contributed by atoms with Gasteiger partial charge in [0, 0.05) is 6.42 Å². The minimum absolute atomic E-state index is 0.211. The normalized spacial score (nSPS) is 11.4. The van der Waals surface area contributed by atoms with Gasteiger partial charge in [0.25, 0.3) is 5.92 Å². The number of amides is 1. The molecule has 0 aliphatic rings. The van der Waals surface area contributed by atoms with Crippen LogP contribution in [0.3, 0.4) is 0 Å². The Labute approximate surface area is 81.7 Å². The lowest BCUT2D eigenvalue weighted by Crippen LogP contribution is -2.39. The van der Waals surface area contributed by atoms with Gasteiger partial charge in [-0.25, -0.2) is 8.78 Å². The molecule has 0 aliphatic carbocycles. The van der Waals surface area contributed by atoms with Gasteiger partial charge in [0.15, 0.2) is 0 Å². The fourth-order valence-electron chi connectivity index (χ4n) is 0.798. The third-order valence-electron chi connectivity index (χ3n) is 1.61. The van der Waals surface area contributed by atoms with Crippen LogP contribution in [0.25, 0.3) is 0 Å². The quantitative estimate of drug-likeness (QED) is 0.507. The summed E-state index contributed by atoms with van der Waals surface area (Å²) in [7, 11) is 1.75. The van der Waals surface area contributed by atoms with Crippen molar-refractivity contribution in [3.05, 3.63) is 0 Å². The van der Waals surface area contributed by atoms with Gasteiger partial charge in [-0.3, -0.25) is 4.79 Å². The fourth-order valence-corrected chi connectivity index (χ4v) is 0.798. The number of hydrogen-bond acceptors (Lipinski definition) is 3. The van der Waals surface area contributed by atoms with Crippen LogP contribution >= 0.6 is 0 Å². The van der Waals surface area contributed by atoms with E-state index in [1.165, 1.54) is 0 Å². The fraction of sp³-hybridized carbons (Fsp3) is 0.875. The molecule has 0 atom stereocenters. The van der Waals surface area contributed by atoms with Gasteiger partial charge >= 0.3 is 0 Å². The summed E-state index contributed by atoms with van der Waals surface area (Å²) < 4.78 is 24.8. The lowest BCUT2D eigenvalue weighted by atomic mass is 10.3. The molecule has 4 nitrogen and oxygen atoms in total. The van der Waals surface area contributed by atoms with Crippen molar-refractivity contribution in [3.8, 4) is 0 Å². The zero-order valence-corrected chi connectivity index (χ0v) is 8.15. The maximum absolute atomic E-state index is 12.4. The lowest BCUT2D eigenvalue weighted by Gasteiger charge is -2.13. The lowest BCUT2D eigenvalue weighted by molar-refractivity contribution is -0.124. The first-order valence-corrected chi connectivity index (χ1v) is 4.42. The first-order chi connectivity index (χ1) is 6.52. The van der Waals surface area contributed by atoms with Crippen molar-refractivity contribution >= 4 is 5.91 Å². The molecule has 0 bridgehead atoms. The van der Waals surface area contributed by atoms with Crippen molar-refractivity contribution < 1.29 is 18.7 Å². The van der Waals surface area contributed by atoms with E-state index < -0.39 is 25.0 Å². The Morgan fingerprint density at radius 2 is 2.14 bits per heavy atom. The Balaban J connectivity index is 3.53. The van der Waals surface area contributed by atoms with E-state index in [0.29, 0.717) is 13.0 Å². The van der Waals surface area contributed by atoms with E-state index in [1.807, 2.05) is 0 Å². The van der Waals surface area contributed by atoms with Crippen molar-refractivity contribution in [2.24, 2.45) is 0 Å². The zero-order chi connectivity index (χ0) is 11.0. The zero-order valence-electron chi connectivity index (χ0n) is 8.15. The summed E-state index contributed by atoms with van der Waals surface area (Å²) in [6.07, 6.45) is 0.815. The molecule has 3 N–H and O–H groups in total. The Morgan fingerprint density at radius 3 is 2.64 bits per heavy atom. The van der Waals surface area contributed by atoms with Crippen LogP contribution < -0.4 is 10.6 Å². The summed E-state index contributed by atoms with van der Waals surface area (Å²) in [4.78, 5) is 10.9. The molecule has 0 rings (SSSR count). The second-order valence-electron chi connectivity index (χ2n) is 3.00. The van der Waals surface area contributed by atoms with Gasteiger partial charge in [-0.15, -0.1) is 0 Å². The first-order valence-electron chi connectivity index (χ1n) is 4.42. The van der Waals surface area contributed by atoms with Crippen molar-refractivity contribution in [2.75, 3.05) is 26.7 Å². The highest BCUT2D eigenvalue weighted by atomic mass is 19.3. The van der Waals surface area contributed by atoms with Gasteiger partial charge in [0.2, 0.25) is 5.91 Å². The van der Waals surface area contributed by atoms with Gasteiger partial charge in [-0.05, 0) is 20.0 Å². The highest BCUT2D eigenvalue weighted by Crippen LogP contribution is 2.09. The van der Waals surface area contributed by atoms with Crippen LogP contribution in [0, 0.1) is 0 Å². The summed E-state index contributed by atoms with van der Waals surface area (Å²) in [5.41, 5.74) is 0. The van der Waals surface area contributed by atoms with Gasteiger partial charge in [-0.2, -0.15) is 0 Å². The van der Waals surface area contributed by atoms with Crippen LogP contribution in [0.5, 0.6) is 0 Å². The predicted molar refractivity (Wildman–Crippen MR) is 48.2 cm³/mol. The smallest absolute Gasteiger partial charge is 0.287 e. The van der Waals surface area contributed by atoms with E-state index in [2.05, 4.69) is 10.6 Å². The molecule has 0 aromatic carbocycles. The van der Waals surface area contributed by atoms with Crippen LogP contribution in [0.1, 0.15) is 12.8 Å². The summed E-state index contributed by atoms with van der Waals surface area (Å²) in [5.74, 6) is -3.65. The maximum Gasteiger partial charge on any atom is 0.287 e. The second-order valence-corrected chi connectivity index (χ2v) is 3.00. The van der Waals surface area contributed by atoms with Crippen molar-refractivity contribution in [2.45, 2.75) is 18.8 Å². The molecule has 0 aromatic heterocycles. The van der Waals surface area contributed by atoms with E-state index in [1.54, 1.807) is 7.05 Å². The first kappa shape index (κ1) is 13.2. The van der Waals surface area contributed by atoms with Crippen molar-refractivity contribution in [3.63, 3.8) is 0 Å². The molecule has 14 heavy (non-hydrogen) atoms. The van der Waals surface area contributed by atoms with Crippen LogP contribution in [0.2, 0.25) is 0 Å². The second kappa shape index (κ2) is 6.67. The molecular formula is C8H16F2N2O2. The molecule has 0 fully saturated rings. The maximum atomic E-state index is 12.4. The third-order valence-corrected chi connectivity index (χ3v) is 1.61. The number of carbonyl (C=O) groups excluding carboxylic acids is 1. The molecule has 84 valence electrons. The molecule has 0 aromatic rings. The van der Waals surface area contributed by atoms with E-state index in [-0.39, 0.29) is 6.42 Å². The number of aliphatic hydroxyl groups is 1. The molecular weight excluding hydrogens is 194 g/mol. The summed E-state index contributed by atoms with van der Waals surface area (Å²) >= 11 is 0. The van der Waals surface area contributed by atoms with E-state index in [9.17, 15) is 13.6 Å². The molecule has 0 radical (unpaired) electrons. The Morgan fingerprint density at radius 1 is 1.50 bits per heavy atom. The highest BCUT2D eigenvalue weighted by molar-refractivity contribution is 5.75. The standard InChI is InChI=1S/C8H16F2N2O2/c1-11-4-2-3-7(14)12-5-8(9,10)6-13/h11,13H,2-6H2,1H3,(H,12,14). The number of nitrogens with one attached hydrogen (secondary N) is 2. The van der Waals surface area contributed by atoms with Crippen LogP contribution in [0.15, 0.2) is 0 Å². The minimum atomic E-state index is -3.22. The average molecular weight is 210 g/mol. The Kier molecular flexibility index (Phi) is 6.31. The van der Waals surface area contributed by atoms with Crippen LogP contribution in [0.4, 0.5) is 8.78 Å². The van der Waals surface area contributed by atoms with Gasteiger partial charge in [0.1, 0.15) is 6.61 Å². The third kappa shape index (κ3) is 6.73. The summed E-state index contributed by atoms with van der Waals surface area (Å²) in [6.45, 7) is -1.38. The number of hydrogen-bond donors (Lipinski definition) is 3. The molecule has 0 spiro atoms. The Bertz CT molecular complexity index is 177. The van der Waals surface area contributed by atoms with Gasteiger partial charge < -0.3 is 15.7 Å². The van der Waals surface area contributed by atoms with Gasteiger partial charge in [-0.1, -0.05) is 0 Å². The van der Waals surface area contributed by atoms with Gasteiger partial charge in [0.05, 0.1) is 6.54 Å². The number of halogens is 2. The molecule has 0 saturated carbocycles. The minimum Gasteiger partial charge on any atom is -0.390 e. The molecule has 0 unspecified atom stereocenters. The largest absolute Gasteiger partial charge is 0.390 e. The molecule has 1 amide bonds. The topological polar surface area (TPSA) is 61.4 Å². The summed E-state index contributed by atoms with van der Waals surface area (Å²) in [6, 6.07) is 0. The SMILES string of the molecule is CNCCCC(=O)NCC(F)(F)CO. The number of aliphatic hydroxyl groups excluding tert-OH is 1. The summed E-state index contributed by atoms with van der Waals surface area (Å²) in [5, 5.41) is 13.1. The number of carbonyl (C=O) groups is 1. The van der Waals surface area contributed by atoms with E-state index in [4.69, 9.17) is 5.11 Å². The highest BCUT2D eigenvalue weighted by Gasteiger charge is 2.27. The average Bonchev–Trinajstić information content (AvgIpc) is 2.16. The van der Waals surface area contributed by atoms with E-state index >= 15 is 0 Å². The molecule has 0 aliphatic heterocycles. The number of alkyl halides is 2.